The topological polar surface area (TPSA) is 112 Å². The summed E-state index contributed by atoms with van der Waals surface area (Å²) in [5.74, 6) is 1.49. The molecular formula is C33H40N2O5. The highest BCUT2D eigenvalue weighted by Crippen LogP contribution is 2.71. The zero-order valence-electron chi connectivity index (χ0n) is 23.6. The number of esters is 2. The summed E-state index contributed by atoms with van der Waals surface area (Å²) in [4.78, 5) is 31.8. The van der Waals surface area contributed by atoms with Crippen LogP contribution in [0.4, 0.5) is 5.82 Å². The first kappa shape index (κ1) is 27.0. The number of aliphatic hydroxyl groups is 1. The lowest BCUT2D eigenvalue weighted by molar-refractivity contribution is -0.135. The number of aromatic nitrogens is 1. The molecule has 0 radical (unpaired) electrons. The summed E-state index contributed by atoms with van der Waals surface area (Å²) in [6.45, 7) is 4.31. The molecule has 6 aliphatic rings. The number of rotatable bonds is 9. The summed E-state index contributed by atoms with van der Waals surface area (Å²) in [5.41, 5.74) is 10.2. The first-order valence-corrected chi connectivity index (χ1v) is 15.1. The molecule has 2 aliphatic heterocycles. The van der Waals surface area contributed by atoms with Crippen LogP contribution in [0.25, 0.3) is 0 Å². The van der Waals surface area contributed by atoms with Gasteiger partial charge in [-0.3, -0.25) is 0 Å². The van der Waals surface area contributed by atoms with Crippen molar-refractivity contribution in [1.82, 2.24) is 4.98 Å². The molecule has 1 saturated heterocycles. The van der Waals surface area contributed by atoms with E-state index in [0.717, 1.165) is 90.7 Å². The van der Waals surface area contributed by atoms with E-state index >= 15 is 0 Å². The van der Waals surface area contributed by atoms with E-state index in [0.29, 0.717) is 18.7 Å². The largest absolute Gasteiger partial charge is 0.427 e. The van der Waals surface area contributed by atoms with E-state index in [1.54, 1.807) is 6.20 Å². The van der Waals surface area contributed by atoms with Crippen molar-refractivity contribution in [2.24, 2.45) is 23.2 Å². The van der Waals surface area contributed by atoms with Crippen molar-refractivity contribution in [3.63, 3.8) is 0 Å². The first-order valence-electron chi connectivity index (χ1n) is 15.1. The van der Waals surface area contributed by atoms with Crippen molar-refractivity contribution in [3.05, 3.63) is 69.9 Å². The number of cyclic esters (lactones) is 2. The van der Waals surface area contributed by atoms with Gasteiger partial charge < -0.3 is 20.3 Å². The fraction of sp³-hybridized carbons (Fsp3) is 0.545. The molecule has 7 heteroatoms. The van der Waals surface area contributed by atoms with Crippen molar-refractivity contribution >= 4 is 17.8 Å². The number of allylic oxidation sites excluding steroid dienone is 5. The third kappa shape index (κ3) is 3.99. The molecule has 0 aromatic carbocycles. The minimum absolute atomic E-state index is 0.0720. The minimum Gasteiger partial charge on any atom is -0.427 e. The zero-order chi connectivity index (χ0) is 28.0. The number of nitrogens with two attached hydrogens (primary N) is 1. The van der Waals surface area contributed by atoms with Gasteiger partial charge in [0.25, 0.3) is 0 Å². The molecule has 1 spiro atoms. The summed E-state index contributed by atoms with van der Waals surface area (Å²) in [7, 11) is 0. The molecule has 2 fully saturated rings. The third-order valence-electron chi connectivity index (χ3n) is 9.86. The van der Waals surface area contributed by atoms with Crippen molar-refractivity contribution in [1.29, 1.82) is 0 Å². The predicted molar refractivity (Wildman–Crippen MR) is 151 cm³/mol. The Bertz CT molecular complexity index is 1350. The number of pyridine rings is 1. The Morgan fingerprint density at radius 1 is 1.15 bits per heavy atom. The van der Waals surface area contributed by atoms with Gasteiger partial charge in [-0.1, -0.05) is 26.7 Å². The van der Waals surface area contributed by atoms with E-state index in [4.69, 9.17) is 15.2 Å². The highest BCUT2D eigenvalue weighted by molar-refractivity contribution is 6.00. The molecule has 40 heavy (non-hydrogen) atoms. The van der Waals surface area contributed by atoms with Crippen LogP contribution in [0.3, 0.4) is 0 Å². The first-order chi connectivity index (χ1) is 19.5. The lowest BCUT2D eigenvalue weighted by Gasteiger charge is -2.57. The number of fused-ring (bicyclic) bond motifs is 1. The number of ether oxygens (including phenoxy) is 2. The van der Waals surface area contributed by atoms with Crippen LogP contribution in [0, 0.1) is 23.2 Å². The molecule has 2 bridgehead atoms. The molecule has 5 atom stereocenters. The maximum absolute atomic E-state index is 14.0. The molecule has 3 heterocycles. The highest BCUT2D eigenvalue weighted by Gasteiger charge is 2.68. The molecule has 4 aliphatic carbocycles. The summed E-state index contributed by atoms with van der Waals surface area (Å²) < 4.78 is 12.1. The van der Waals surface area contributed by atoms with Crippen LogP contribution in [-0.2, 0) is 19.1 Å². The average Bonchev–Trinajstić information content (AvgIpc) is 3.44. The van der Waals surface area contributed by atoms with Gasteiger partial charge in [-0.25, -0.2) is 14.6 Å². The maximum Gasteiger partial charge on any atom is 0.340 e. The van der Waals surface area contributed by atoms with Crippen LogP contribution >= 0.6 is 0 Å². The molecule has 7 rings (SSSR count). The Morgan fingerprint density at radius 2 is 1.95 bits per heavy atom. The zero-order valence-corrected chi connectivity index (χ0v) is 23.6. The van der Waals surface area contributed by atoms with Crippen LogP contribution in [0.2, 0.25) is 0 Å². The smallest absolute Gasteiger partial charge is 0.340 e. The second-order valence-corrected chi connectivity index (χ2v) is 11.9. The molecule has 0 amide bonds. The standard InChI is InChI=1S/C33H40N2O5/c1-3-5-9-24-23-12-11-22-21-13-15-33(29(22)28(23)31(37)39-24)25(10-6-4-2)40-32(38)30(33)27(21)20(8-7-17-36)19-14-16-35-26(34)18-19/h9-10,14,16,18,20-22,29,36H,3-8,11-13,15,17H2,1-2H3,(H2,34,35)/b24-9-,25-10-/t20-,21+,22+,29-,33+/m1/s1. The molecule has 7 nitrogen and oxygen atoms in total. The van der Waals surface area contributed by atoms with E-state index in [2.05, 4.69) is 31.0 Å². The molecular weight excluding hydrogens is 504 g/mol. The number of nitrogen functional groups attached to an aromatic ring is 1. The summed E-state index contributed by atoms with van der Waals surface area (Å²) in [6.07, 6.45) is 14.2. The van der Waals surface area contributed by atoms with Gasteiger partial charge >= 0.3 is 11.9 Å². The highest BCUT2D eigenvalue weighted by atomic mass is 16.5. The number of hydrogen-bond acceptors (Lipinski definition) is 7. The maximum atomic E-state index is 14.0. The van der Waals surface area contributed by atoms with Crippen LogP contribution in [0.15, 0.2) is 64.3 Å². The normalized spacial score (nSPS) is 31.4. The second kappa shape index (κ2) is 10.7. The van der Waals surface area contributed by atoms with E-state index < -0.39 is 5.41 Å². The number of nitrogens with zero attached hydrogens (tertiary/aromatic N) is 1. The van der Waals surface area contributed by atoms with Gasteiger partial charge in [0.05, 0.1) is 11.0 Å². The van der Waals surface area contributed by atoms with Gasteiger partial charge in [-0.2, -0.15) is 0 Å². The van der Waals surface area contributed by atoms with E-state index in [1.165, 1.54) is 0 Å². The lowest BCUT2D eigenvalue weighted by Crippen LogP contribution is -2.53. The second-order valence-electron chi connectivity index (χ2n) is 11.9. The van der Waals surface area contributed by atoms with Gasteiger partial charge in [-0.15, -0.1) is 0 Å². The van der Waals surface area contributed by atoms with Crippen LogP contribution < -0.4 is 5.73 Å². The minimum atomic E-state index is -0.669. The number of unbranched alkanes of at least 4 members (excludes halogenated alkanes) is 2. The van der Waals surface area contributed by atoms with Gasteiger partial charge in [0.15, 0.2) is 0 Å². The van der Waals surface area contributed by atoms with Crippen LogP contribution in [-0.4, -0.2) is 28.6 Å². The van der Waals surface area contributed by atoms with Gasteiger partial charge in [0, 0.05) is 35.8 Å². The Labute approximate surface area is 236 Å². The summed E-state index contributed by atoms with van der Waals surface area (Å²) in [5, 5.41) is 9.81. The van der Waals surface area contributed by atoms with Crippen LogP contribution in [0.5, 0.6) is 0 Å². The van der Waals surface area contributed by atoms with Crippen molar-refractivity contribution in [2.45, 2.75) is 84.0 Å². The summed E-state index contributed by atoms with van der Waals surface area (Å²) >= 11 is 0. The molecule has 212 valence electrons. The number of aliphatic hydroxyl groups excluding tert-OH is 1. The number of carbonyl (C=O) groups excluding carboxylic acids is 2. The summed E-state index contributed by atoms with van der Waals surface area (Å²) in [6, 6.07) is 3.88. The SMILES string of the molecule is CCC/C=C1\OC(=O)C2=C1CC[C@H]1[C@@H]3CC[C@@]4(C(=C3[C@H](CCCO)c3ccnc(N)c3)C(=O)O/C4=C\CCC)[C@@H]21. The Morgan fingerprint density at radius 3 is 2.70 bits per heavy atom. The van der Waals surface area contributed by atoms with Crippen molar-refractivity contribution in [2.75, 3.05) is 12.3 Å². The molecule has 1 aromatic rings. The van der Waals surface area contributed by atoms with Crippen molar-refractivity contribution in [3.8, 4) is 0 Å². The van der Waals surface area contributed by atoms with Gasteiger partial charge in [-0.05, 0) is 98.6 Å². The van der Waals surface area contributed by atoms with Gasteiger partial charge in [0.1, 0.15) is 17.3 Å². The Kier molecular flexibility index (Phi) is 7.19. The van der Waals surface area contributed by atoms with E-state index in [-0.39, 0.29) is 42.2 Å². The third-order valence-corrected chi connectivity index (χ3v) is 9.86. The van der Waals surface area contributed by atoms with E-state index in [9.17, 15) is 14.7 Å². The van der Waals surface area contributed by atoms with E-state index in [1.807, 2.05) is 12.1 Å². The Hall–Kier alpha value is -3.19. The Balaban J connectivity index is 1.59. The average molecular weight is 545 g/mol. The predicted octanol–water partition coefficient (Wildman–Crippen LogP) is 6.03. The van der Waals surface area contributed by atoms with Gasteiger partial charge in [0.2, 0.25) is 0 Å². The quantitative estimate of drug-likeness (QED) is 0.365. The lowest BCUT2D eigenvalue weighted by atomic mass is 9.43. The van der Waals surface area contributed by atoms with Crippen molar-refractivity contribution < 1.29 is 24.2 Å². The monoisotopic (exact) mass is 544 g/mol. The molecule has 0 unspecified atom stereocenters. The molecule has 1 saturated carbocycles. The molecule has 1 aromatic heterocycles. The number of anilines is 1. The number of hydrogen-bond donors (Lipinski definition) is 2. The molecule has 3 N–H and O–H groups in total. The fourth-order valence-electron chi connectivity index (χ4n) is 8.44. The van der Waals surface area contributed by atoms with Crippen LogP contribution in [0.1, 0.15) is 89.5 Å². The fourth-order valence-corrected chi connectivity index (χ4v) is 8.44. The number of carbonyl (C=O) groups is 2.